The molecule has 5 nitrogen and oxygen atoms in total. The molecule has 2 atom stereocenters. The Morgan fingerprint density at radius 2 is 1.35 bits per heavy atom. The van der Waals surface area contributed by atoms with Crippen LogP contribution in [0.1, 0.15) is 30.5 Å². The minimum absolute atomic E-state index is 0.0349. The predicted molar refractivity (Wildman–Crippen MR) is 134 cm³/mol. The highest BCUT2D eigenvalue weighted by atomic mass is 16.8. The van der Waals surface area contributed by atoms with Crippen LogP contribution in [0.4, 0.5) is 0 Å². The van der Waals surface area contributed by atoms with Crippen LogP contribution in [0.25, 0.3) is 0 Å². The predicted octanol–water partition coefficient (Wildman–Crippen LogP) is 5.28. The van der Waals surface area contributed by atoms with Gasteiger partial charge in [-0.1, -0.05) is 97.1 Å². The Morgan fingerprint density at radius 1 is 0.912 bits per heavy atom. The van der Waals surface area contributed by atoms with Gasteiger partial charge in [-0.2, -0.15) is 0 Å². The summed E-state index contributed by atoms with van der Waals surface area (Å²) in [6.45, 7) is 7.56. The number of hydrogen-bond donors (Lipinski definition) is 0. The third-order valence-electron chi connectivity index (χ3n) is 6.07. The first-order chi connectivity index (χ1) is 16.4. The lowest BCUT2D eigenvalue weighted by molar-refractivity contribution is -0.429. The smallest absolute Gasteiger partial charge is 0.221 e. The fourth-order valence-corrected chi connectivity index (χ4v) is 4.52. The van der Waals surface area contributed by atoms with Gasteiger partial charge in [0.2, 0.25) is 5.71 Å². The molecule has 1 aliphatic rings. The maximum Gasteiger partial charge on any atom is 0.221 e. The summed E-state index contributed by atoms with van der Waals surface area (Å²) in [5.74, 6) is -0.833. The zero-order valence-electron chi connectivity index (χ0n) is 19.9. The van der Waals surface area contributed by atoms with Crippen LogP contribution in [-0.4, -0.2) is 42.1 Å². The monoisotopic (exact) mass is 457 g/mol. The van der Waals surface area contributed by atoms with Crippen molar-refractivity contribution in [3.05, 3.63) is 126 Å². The summed E-state index contributed by atoms with van der Waals surface area (Å²) < 4.78 is 19.7. The summed E-state index contributed by atoms with van der Waals surface area (Å²) in [5, 5.41) is 12.8. The van der Waals surface area contributed by atoms with Crippen LogP contribution in [0.15, 0.2) is 104 Å². The van der Waals surface area contributed by atoms with E-state index in [-0.39, 0.29) is 6.61 Å². The number of benzene rings is 3. The van der Waals surface area contributed by atoms with Crippen LogP contribution in [0.2, 0.25) is 0 Å². The van der Waals surface area contributed by atoms with E-state index in [1.165, 1.54) is 7.05 Å². The fourth-order valence-electron chi connectivity index (χ4n) is 4.52. The highest BCUT2D eigenvalue weighted by Gasteiger charge is 2.47. The summed E-state index contributed by atoms with van der Waals surface area (Å²) in [6.07, 6.45) is 0.612. The van der Waals surface area contributed by atoms with Gasteiger partial charge in [-0.3, -0.25) is 0 Å². The molecule has 1 saturated heterocycles. The van der Waals surface area contributed by atoms with E-state index in [1.807, 2.05) is 105 Å². The molecule has 0 spiro atoms. The molecule has 1 heterocycles. The molecule has 0 aliphatic carbocycles. The van der Waals surface area contributed by atoms with E-state index in [4.69, 9.17) is 14.2 Å². The van der Waals surface area contributed by atoms with E-state index in [2.05, 4.69) is 6.58 Å². The molecule has 0 aromatic heterocycles. The second kappa shape index (κ2) is 9.94. The Morgan fingerprint density at radius 3 is 1.74 bits per heavy atom. The quantitative estimate of drug-likeness (QED) is 0.115. The Kier molecular flexibility index (Phi) is 6.98. The lowest BCUT2D eigenvalue weighted by Gasteiger charge is -2.36. The van der Waals surface area contributed by atoms with Crippen molar-refractivity contribution in [2.24, 2.45) is 0 Å². The van der Waals surface area contributed by atoms with Crippen LogP contribution >= 0.6 is 0 Å². The van der Waals surface area contributed by atoms with Crippen LogP contribution in [-0.2, 0) is 19.8 Å². The van der Waals surface area contributed by atoms with Crippen molar-refractivity contribution < 1.29 is 18.9 Å². The number of rotatable bonds is 8. The van der Waals surface area contributed by atoms with Crippen molar-refractivity contribution in [2.45, 2.75) is 37.4 Å². The molecule has 1 fully saturated rings. The second-order valence-corrected chi connectivity index (χ2v) is 8.81. The maximum absolute atomic E-state index is 12.8. The summed E-state index contributed by atoms with van der Waals surface area (Å²) in [7, 11) is 1.46. The van der Waals surface area contributed by atoms with E-state index in [0.29, 0.717) is 5.71 Å². The Hall–Kier alpha value is -3.25. The molecule has 3 aromatic rings. The maximum atomic E-state index is 12.8. The van der Waals surface area contributed by atoms with Crippen LogP contribution in [0, 0.1) is 5.21 Å². The molecule has 0 N–H and O–H groups in total. The largest absolute Gasteiger partial charge is 0.624 e. The van der Waals surface area contributed by atoms with Crippen molar-refractivity contribution in [1.82, 2.24) is 0 Å². The lowest BCUT2D eigenvalue weighted by atomic mass is 9.80. The van der Waals surface area contributed by atoms with Gasteiger partial charge in [-0.15, -0.1) is 6.58 Å². The molecule has 0 saturated carbocycles. The Bertz CT molecular complexity index is 1030. The van der Waals surface area contributed by atoms with Crippen molar-refractivity contribution in [3.8, 4) is 0 Å². The molecule has 0 radical (unpaired) electrons. The molecule has 176 valence electrons. The second-order valence-electron chi connectivity index (χ2n) is 8.81. The third-order valence-corrected chi connectivity index (χ3v) is 6.07. The van der Waals surface area contributed by atoms with Gasteiger partial charge in [0.05, 0.1) is 0 Å². The van der Waals surface area contributed by atoms with Gasteiger partial charge in [-0.05, 0) is 30.5 Å². The van der Waals surface area contributed by atoms with Gasteiger partial charge < -0.3 is 19.4 Å². The average Bonchev–Trinajstić information content (AvgIpc) is 3.17. The van der Waals surface area contributed by atoms with Gasteiger partial charge in [0.15, 0.2) is 11.9 Å². The van der Waals surface area contributed by atoms with Crippen LogP contribution in [0.5, 0.6) is 0 Å². The van der Waals surface area contributed by atoms with Gasteiger partial charge >= 0.3 is 0 Å². The first kappa shape index (κ1) is 23.9. The zero-order chi connectivity index (χ0) is 24.2. The Balaban J connectivity index is 1.82. The van der Waals surface area contributed by atoms with Crippen molar-refractivity contribution >= 4 is 5.71 Å². The number of hydroxylamine groups is 1. The number of hydrogen-bond acceptors (Lipinski definition) is 4. The minimum atomic E-state index is -0.941. The van der Waals surface area contributed by atoms with E-state index < -0.39 is 23.6 Å². The van der Waals surface area contributed by atoms with E-state index in [1.54, 1.807) is 6.08 Å². The van der Waals surface area contributed by atoms with E-state index >= 15 is 0 Å². The van der Waals surface area contributed by atoms with Gasteiger partial charge in [0, 0.05) is 0 Å². The molecule has 1 aliphatic heterocycles. The first-order valence-electron chi connectivity index (χ1n) is 11.4. The van der Waals surface area contributed by atoms with Crippen LogP contribution < -0.4 is 0 Å². The number of nitrogens with zero attached hydrogens (tertiary/aromatic N) is 1. The average molecular weight is 458 g/mol. The van der Waals surface area contributed by atoms with Crippen LogP contribution in [0.3, 0.4) is 0 Å². The van der Waals surface area contributed by atoms with Gasteiger partial charge in [-0.25, -0.2) is 4.74 Å². The molecule has 0 unspecified atom stereocenters. The van der Waals surface area contributed by atoms with Crippen molar-refractivity contribution in [1.29, 1.82) is 0 Å². The third kappa shape index (κ3) is 4.68. The highest BCUT2D eigenvalue weighted by Crippen LogP contribution is 2.41. The molecule has 0 amide bonds. The highest BCUT2D eigenvalue weighted by molar-refractivity contribution is 5.87. The summed E-state index contributed by atoms with van der Waals surface area (Å²) in [4.78, 5) is 0. The zero-order valence-corrected chi connectivity index (χ0v) is 19.9. The van der Waals surface area contributed by atoms with Gasteiger partial charge in [0.1, 0.15) is 25.4 Å². The van der Waals surface area contributed by atoms with E-state index in [0.717, 1.165) is 21.4 Å². The Labute approximate surface area is 201 Å². The topological polar surface area (TPSA) is 53.8 Å². The summed E-state index contributed by atoms with van der Waals surface area (Å²) in [6, 6.07) is 30.2. The van der Waals surface area contributed by atoms with Crippen molar-refractivity contribution in [2.75, 3.05) is 13.7 Å². The van der Waals surface area contributed by atoms with Gasteiger partial charge in [0.25, 0.3) is 0 Å². The fraction of sp³-hybridized carbons (Fsp3) is 0.276. The number of ether oxygens (including phenoxy) is 3. The molecule has 5 heteroatoms. The molecule has 4 rings (SSSR count). The molecule has 3 aromatic carbocycles. The molecule has 0 bridgehead atoms. The molecule has 34 heavy (non-hydrogen) atoms. The lowest BCUT2D eigenvalue weighted by Crippen LogP contribution is -2.42. The standard InChI is InChI=1S/C29H31NO4/c1-5-26-27(34-28(2,3)33-26)25(30(4)31)21-32-29(22-15-9-6-10-16-22,23-17-11-7-12-18-23)24-19-13-8-14-20-24/h5-20,26-27H,1,21H2,2-4H3/b30-25+/t26-,27+/m0/s1. The first-order valence-corrected chi connectivity index (χ1v) is 11.4. The normalized spacial score (nSPS) is 20.6. The molecular formula is C29H31NO4. The van der Waals surface area contributed by atoms with E-state index in [9.17, 15) is 5.21 Å². The SMILES string of the molecule is C=C[C@@H]1OC(C)(C)O[C@@H]1/C(COC(c1ccccc1)(c1ccccc1)c1ccccc1)=[N+](\C)[O-]. The summed E-state index contributed by atoms with van der Waals surface area (Å²) >= 11 is 0. The van der Waals surface area contributed by atoms with Crippen molar-refractivity contribution in [3.63, 3.8) is 0 Å². The molecular weight excluding hydrogens is 426 g/mol. The minimum Gasteiger partial charge on any atom is -0.624 e. The summed E-state index contributed by atoms with van der Waals surface area (Å²) in [5.41, 5.74) is 2.38.